The number of thioether (sulfide) groups is 1. The standard InChI is InChI=1S/C16H15F5O2S/c17-15(18)8-10-11(23-9-4-2-1-3-5-9)6-7-12(13(10)14(15)22)24-16(19,20)21/h6-7,9H,1-5,8H2. The van der Waals surface area contributed by atoms with Gasteiger partial charge in [-0.15, -0.1) is 0 Å². The number of rotatable bonds is 3. The average molecular weight is 366 g/mol. The molecule has 8 heteroatoms. The number of ether oxygens (including phenoxy) is 1. The van der Waals surface area contributed by atoms with Crippen molar-refractivity contribution in [2.75, 3.05) is 0 Å². The zero-order chi connectivity index (χ0) is 17.5. The molecular formula is C16H15F5O2S. The molecule has 2 aliphatic rings. The summed E-state index contributed by atoms with van der Waals surface area (Å²) in [6, 6.07) is 2.32. The lowest BCUT2D eigenvalue weighted by atomic mass is 9.97. The summed E-state index contributed by atoms with van der Waals surface area (Å²) in [5.41, 5.74) is -5.31. The van der Waals surface area contributed by atoms with Gasteiger partial charge in [-0.2, -0.15) is 22.0 Å². The molecule has 24 heavy (non-hydrogen) atoms. The van der Waals surface area contributed by atoms with Crippen molar-refractivity contribution in [1.82, 2.24) is 0 Å². The van der Waals surface area contributed by atoms with Crippen LogP contribution in [0.3, 0.4) is 0 Å². The van der Waals surface area contributed by atoms with Gasteiger partial charge in [0.1, 0.15) is 5.75 Å². The van der Waals surface area contributed by atoms with Crippen molar-refractivity contribution in [3.63, 3.8) is 0 Å². The highest BCUT2D eigenvalue weighted by molar-refractivity contribution is 8.00. The second kappa shape index (κ2) is 6.20. The molecule has 0 unspecified atom stereocenters. The van der Waals surface area contributed by atoms with Crippen molar-refractivity contribution in [3.05, 3.63) is 23.3 Å². The summed E-state index contributed by atoms with van der Waals surface area (Å²) in [5, 5.41) is 0. The maximum atomic E-state index is 13.8. The minimum Gasteiger partial charge on any atom is -0.490 e. The third kappa shape index (κ3) is 3.53. The van der Waals surface area contributed by atoms with Crippen LogP contribution in [-0.2, 0) is 6.42 Å². The molecule has 0 heterocycles. The zero-order valence-electron chi connectivity index (χ0n) is 12.6. The van der Waals surface area contributed by atoms with Gasteiger partial charge >= 0.3 is 11.4 Å². The number of ketones is 1. The number of carbonyl (C=O) groups is 1. The highest BCUT2D eigenvalue weighted by Crippen LogP contribution is 2.47. The molecule has 1 fully saturated rings. The number of hydrogen-bond acceptors (Lipinski definition) is 3. The van der Waals surface area contributed by atoms with Crippen molar-refractivity contribution in [2.24, 2.45) is 0 Å². The van der Waals surface area contributed by atoms with E-state index in [0.29, 0.717) is 0 Å². The van der Waals surface area contributed by atoms with Crippen molar-refractivity contribution in [3.8, 4) is 5.75 Å². The van der Waals surface area contributed by atoms with Gasteiger partial charge in [-0.3, -0.25) is 4.79 Å². The molecule has 0 amide bonds. The first kappa shape index (κ1) is 17.5. The van der Waals surface area contributed by atoms with Crippen molar-refractivity contribution in [2.45, 2.75) is 61.0 Å². The first-order chi connectivity index (χ1) is 11.2. The Balaban J connectivity index is 1.97. The molecule has 3 rings (SSSR count). The van der Waals surface area contributed by atoms with E-state index in [1.54, 1.807) is 0 Å². The van der Waals surface area contributed by atoms with Gasteiger partial charge in [0.05, 0.1) is 6.10 Å². The van der Waals surface area contributed by atoms with Crippen LogP contribution in [0.1, 0.15) is 48.0 Å². The van der Waals surface area contributed by atoms with Crippen LogP contribution in [-0.4, -0.2) is 23.3 Å². The topological polar surface area (TPSA) is 26.3 Å². The summed E-state index contributed by atoms with van der Waals surface area (Å²) in [6.45, 7) is 0. The van der Waals surface area contributed by atoms with E-state index in [2.05, 4.69) is 0 Å². The van der Waals surface area contributed by atoms with E-state index in [9.17, 15) is 26.7 Å². The SMILES string of the molecule is O=C1c2c(SC(F)(F)F)ccc(OC3CCCCC3)c2CC1(F)F. The molecule has 0 N–H and O–H groups in total. The molecule has 1 saturated carbocycles. The Morgan fingerprint density at radius 1 is 1.12 bits per heavy atom. The fourth-order valence-corrected chi connectivity index (χ4v) is 3.90. The lowest BCUT2D eigenvalue weighted by Gasteiger charge is -2.24. The third-order valence-electron chi connectivity index (χ3n) is 4.26. The van der Waals surface area contributed by atoms with Crippen molar-refractivity contribution in [1.29, 1.82) is 0 Å². The first-order valence-corrected chi connectivity index (χ1v) is 8.50. The molecule has 0 radical (unpaired) electrons. The van der Waals surface area contributed by atoms with Crippen LogP contribution in [0.4, 0.5) is 22.0 Å². The van der Waals surface area contributed by atoms with Crippen LogP contribution < -0.4 is 4.74 Å². The Hall–Kier alpha value is -1.31. The van der Waals surface area contributed by atoms with Gasteiger partial charge in [0, 0.05) is 22.4 Å². The largest absolute Gasteiger partial charge is 0.490 e. The van der Waals surface area contributed by atoms with Crippen LogP contribution in [0.5, 0.6) is 5.75 Å². The van der Waals surface area contributed by atoms with Crippen LogP contribution in [0.2, 0.25) is 0 Å². The number of fused-ring (bicyclic) bond motifs is 1. The van der Waals surface area contributed by atoms with E-state index in [1.165, 1.54) is 6.07 Å². The van der Waals surface area contributed by atoms with Crippen LogP contribution in [0.15, 0.2) is 17.0 Å². The summed E-state index contributed by atoms with van der Waals surface area (Å²) < 4.78 is 71.3. The second-order valence-corrected chi connectivity index (χ2v) is 7.16. The lowest BCUT2D eigenvalue weighted by molar-refractivity contribution is -0.0328. The molecule has 0 spiro atoms. The minimum absolute atomic E-state index is 0.106. The summed E-state index contributed by atoms with van der Waals surface area (Å²) >= 11 is -0.544. The summed E-state index contributed by atoms with van der Waals surface area (Å²) in [7, 11) is 0. The van der Waals surface area contributed by atoms with E-state index in [1.807, 2.05) is 0 Å². The summed E-state index contributed by atoms with van der Waals surface area (Å²) in [6.07, 6.45) is 3.50. The second-order valence-electron chi connectivity index (χ2n) is 6.05. The monoisotopic (exact) mass is 366 g/mol. The molecule has 0 aliphatic heterocycles. The smallest absolute Gasteiger partial charge is 0.446 e. The Kier molecular flexibility index (Phi) is 4.53. The number of carbonyl (C=O) groups excluding carboxylic acids is 1. The van der Waals surface area contributed by atoms with Gasteiger partial charge < -0.3 is 4.74 Å². The van der Waals surface area contributed by atoms with Crippen LogP contribution in [0.25, 0.3) is 0 Å². The highest BCUT2D eigenvalue weighted by Gasteiger charge is 2.50. The Bertz CT molecular complexity index is 651. The number of alkyl halides is 5. The fourth-order valence-electron chi connectivity index (χ4n) is 3.20. The van der Waals surface area contributed by atoms with Gasteiger partial charge in [-0.1, -0.05) is 6.42 Å². The molecule has 2 aliphatic carbocycles. The fraction of sp³-hybridized carbons (Fsp3) is 0.562. The van der Waals surface area contributed by atoms with E-state index in [4.69, 9.17) is 4.74 Å². The summed E-state index contributed by atoms with van der Waals surface area (Å²) in [4.78, 5) is 11.4. The first-order valence-electron chi connectivity index (χ1n) is 7.68. The number of hydrogen-bond donors (Lipinski definition) is 0. The minimum atomic E-state index is -4.66. The van der Waals surface area contributed by atoms with Gasteiger partial charge in [-0.05, 0) is 49.6 Å². The maximum absolute atomic E-state index is 13.8. The Labute approximate surface area is 139 Å². The van der Waals surface area contributed by atoms with Crippen molar-refractivity contribution >= 4 is 17.5 Å². The predicted octanol–water partition coefficient (Wildman–Crippen LogP) is 5.38. The molecule has 0 saturated heterocycles. The van der Waals surface area contributed by atoms with Gasteiger partial charge in [0.2, 0.25) is 5.78 Å². The molecule has 1 aromatic carbocycles. The normalized spacial score (nSPS) is 21.0. The van der Waals surface area contributed by atoms with Gasteiger partial charge in [0.25, 0.3) is 0 Å². The molecule has 0 atom stereocenters. The zero-order valence-corrected chi connectivity index (χ0v) is 13.4. The van der Waals surface area contributed by atoms with E-state index >= 15 is 0 Å². The summed E-state index contributed by atoms with van der Waals surface area (Å²) in [5.74, 6) is -5.14. The van der Waals surface area contributed by atoms with Crippen LogP contribution >= 0.6 is 11.8 Å². The average Bonchev–Trinajstić information content (AvgIpc) is 2.73. The molecule has 0 bridgehead atoms. The third-order valence-corrected chi connectivity index (χ3v) is 5.05. The van der Waals surface area contributed by atoms with Crippen LogP contribution in [0, 0.1) is 0 Å². The number of benzene rings is 1. The van der Waals surface area contributed by atoms with Gasteiger partial charge in [-0.25, -0.2) is 0 Å². The van der Waals surface area contributed by atoms with Gasteiger partial charge in [0.15, 0.2) is 0 Å². The Morgan fingerprint density at radius 2 is 1.79 bits per heavy atom. The predicted molar refractivity (Wildman–Crippen MR) is 78.8 cm³/mol. The quantitative estimate of drug-likeness (QED) is 0.530. The molecule has 0 aromatic heterocycles. The molecule has 132 valence electrons. The highest BCUT2D eigenvalue weighted by atomic mass is 32.2. The maximum Gasteiger partial charge on any atom is 0.446 e. The van der Waals surface area contributed by atoms with E-state index in [-0.39, 0.29) is 17.4 Å². The molecule has 2 nitrogen and oxygen atoms in total. The lowest BCUT2D eigenvalue weighted by Crippen LogP contribution is -2.24. The van der Waals surface area contributed by atoms with E-state index in [0.717, 1.165) is 38.2 Å². The van der Waals surface area contributed by atoms with E-state index < -0.39 is 45.9 Å². The van der Waals surface area contributed by atoms with Crippen molar-refractivity contribution < 1.29 is 31.5 Å². The molecule has 1 aromatic rings. The number of halogens is 5. The molecular weight excluding hydrogens is 351 g/mol. The Morgan fingerprint density at radius 3 is 2.42 bits per heavy atom. The number of Topliss-reactive ketones (excluding diaryl/α,β-unsaturated/α-hetero) is 1.